The molecule has 0 spiro atoms. The van der Waals surface area contributed by atoms with Crippen molar-refractivity contribution in [3.63, 3.8) is 0 Å². The highest BCUT2D eigenvalue weighted by molar-refractivity contribution is 6.03. The number of aromatic carboxylic acids is 1. The normalized spacial score (nSPS) is 12.0. The van der Waals surface area contributed by atoms with Crippen LogP contribution in [0.1, 0.15) is 20.8 Å². The second-order valence-corrected chi connectivity index (χ2v) is 4.26. The molecule has 0 aliphatic carbocycles. The lowest BCUT2D eigenvalue weighted by Gasteiger charge is -2.05. The summed E-state index contributed by atoms with van der Waals surface area (Å²) in [6.07, 6.45) is 1.14. The Bertz CT molecular complexity index is 712. The van der Waals surface area contributed by atoms with E-state index in [2.05, 4.69) is 10.3 Å². The van der Waals surface area contributed by atoms with E-state index in [1.165, 1.54) is 12.1 Å². The Morgan fingerprint density at radius 3 is 2.67 bits per heavy atom. The van der Waals surface area contributed by atoms with Gasteiger partial charge in [0.1, 0.15) is 5.69 Å². The van der Waals surface area contributed by atoms with Crippen LogP contribution >= 0.6 is 0 Å². The minimum Gasteiger partial charge on any atom is -0.478 e. The lowest BCUT2D eigenvalue weighted by Crippen LogP contribution is -2.14. The third-order valence-electron chi connectivity index (χ3n) is 2.87. The monoisotopic (exact) mass is 286 g/mol. The van der Waals surface area contributed by atoms with E-state index in [1.807, 2.05) is 0 Å². The number of rotatable bonds is 3. The second kappa shape index (κ2) is 5.12. The topological polar surface area (TPSA) is 97.8 Å². The number of carbonyl (C=O) groups is 2. The smallest absolute Gasteiger partial charge is 0.337 e. The van der Waals surface area contributed by atoms with Gasteiger partial charge in [0.25, 0.3) is 5.91 Å². The van der Waals surface area contributed by atoms with Gasteiger partial charge in [-0.25, -0.2) is 4.79 Å². The van der Waals surface area contributed by atoms with Crippen LogP contribution in [0.5, 0.6) is 11.5 Å². The quantitative estimate of drug-likeness (QED) is 0.892. The number of amides is 1. The molecular weight excluding hydrogens is 276 g/mol. The predicted molar refractivity (Wildman–Crippen MR) is 71.7 cm³/mol. The van der Waals surface area contributed by atoms with Crippen LogP contribution in [0.25, 0.3) is 0 Å². The predicted octanol–water partition coefficient (Wildman–Crippen LogP) is 1.76. The summed E-state index contributed by atoms with van der Waals surface area (Å²) in [5.41, 5.74) is 0.681. The molecule has 7 heteroatoms. The van der Waals surface area contributed by atoms with Crippen LogP contribution in [0.15, 0.2) is 36.5 Å². The summed E-state index contributed by atoms with van der Waals surface area (Å²) in [6.45, 7) is 0.158. The Hall–Kier alpha value is -3.09. The van der Waals surface area contributed by atoms with E-state index in [1.54, 1.807) is 18.2 Å². The molecule has 0 saturated carbocycles. The molecule has 1 amide bonds. The van der Waals surface area contributed by atoms with Crippen molar-refractivity contribution in [1.82, 2.24) is 4.98 Å². The molecule has 1 aromatic heterocycles. The number of nitrogens with zero attached hydrogens (tertiary/aromatic N) is 1. The number of benzene rings is 1. The Balaban J connectivity index is 1.75. The molecule has 0 radical (unpaired) electrons. The molecule has 3 rings (SSSR count). The Morgan fingerprint density at radius 1 is 1.14 bits per heavy atom. The summed E-state index contributed by atoms with van der Waals surface area (Å²) in [7, 11) is 0. The lowest BCUT2D eigenvalue weighted by atomic mass is 10.2. The van der Waals surface area contributed by atoms with Gasteiger partial charge in [-0.05, 0) is 24.3 Å². The van der Waals surface area contributed by atoms with E-state index >= 15 is 0 Å². The summed E-state index contributed by atoms with van der Waals surface area (Å²) in [6, 6.07) is 7.69. The average molecular weight is 286 g/mol. The molecule has 0 bridgehead atoms. The van der Waals surface area contributed by atoms with E-state index in [-0.39, 0.29) is 18.1 Å². The van der Waals surface area contributed by atoms with Crippen LogP contribution in [0.3, 0.4) is 0 Å². The molecule has 0 fully saturated rings. The van der Waals surface area contributed by atoms with Crippen molar-refractivity contribution in [2.45, 2.75) is 0 Å². The van der Waals surface area contributed by atoms with Crippen LogP contribution in [-0.4, -0.2) is 28.8 Å². The van der Waals surface area contributed by atoms with Crippen molar-refractivity contribution in [3.05, 3.63) is 47.8 Å². The van der Waals surface area contributed by atoms with E-state index in [0.29, 0.717) is 17.2 Å². The number of carboxylic acid groups (broad SMARTS) is 1. The number of pyridine rings is 1. The summed E-state index contributed by atoms with van der Waals surface area (Å²) in [4.78, 5) is 26.5. The third kappa shape index (κ3) is 2.62. The minimum absolute atomic E-state index is 0.0228. The van der Waals surface area contributed by atoms with Gasteiger partial charge < -0.3 is 19.9 Å². The number of nitrogens with one attached hydrogen (secondary N) is 1. The number of ether oxygens (including phenoxy) is 2. The molecule has 21 heavy (non-hydrogen) atoms. The lowest BCUT2D eigenvalue weighted by molar-refractivity contribution is 0.0695. The molecule has 1 aliphatic heterocycles. The molecule has 106 valence electrons. The number of hydrogen-bond acceptors (Lipinski definition) is 5. The zero-order chi connectivity index (χ0) is 14.8. The SMILES string of the molecule is O=C(O)c1ccc(C(=O)Nc2ccc3c(c2)OCO3)nc1. The van der Waals surface area contributed by atoms with Crippen molar-refractivity contribution >= 4 is 17.6 Å². The van der Waals surface area contributed by atoms with Gasteiger partial charge in [0.2, 0.25) is 6.79 Å². The minimum atomic E-state index is -1.09. The third-order valence-corrected chi connectivity index (χ3v) is 2.87. The molecule has 2 heterocycles. The van der Waals surface area contributed by atoms with Crippen LogP contribution in [0, 0.1) is 0 Å². The standard InChI is InChI=1S/C14H10N2O5/c17-13(10-3-1-8(6-15-10)14(18)19)16-9-2-4-11-12(5-9)21-7-20-11/h1-6H,7H2,(H,16,17)(H,18,19). The van der Waals surface area contributed by atoms with E-state index in [0.717, 1.165) is 6.20 Å². The average Bonchev–Trinajstić information content (AvgIpc) is 2.95. The van der Waals surface area contributed by atoms with Gasteiger partial charge in [-0.1, -0.05) is 0 Å². The Morgan fingerprint density at radius 2 is 1.95 bits per heavy atom. The number of aromatic nitrogens is 1. The van der Waals surface area contributed by atoms with Crippen LogP contribution in [0.4, 0.5) is 5.69 Å². The fourth-order valence-corrected chi connectivity index (χ4v) is 1.82. The fourth-order valence-electron chi connectivity index (χ4n) is 1.82. The number of hydrogen-bond donors (Lipinski definition) is 2. The van der Waals surface area contributed by atoms with Crippen molar-refractivity contribution in [2.75, 3.05) is 12.1 Å². The molecule has 7 nitrogen and oxygen atoms in total. The first-order valence-electron chi connectivity index (χ1n) is 6.04. The molecule has 0 unspecified atom stereocenters. The molecular formula is C14H10N2O5. The molecule has 2 N–H and O–H groups in total. The number of anilines is 1. The van der Waals surface area contributed by atoms with Crippen molar-refractivity contribution < 1.29 is 24.2 Å². The molecule has 0 atom stereocenters. The zero-order valence-corrected chi connectivity index (χ0v) is 10.7. The van der Waals surface area contributed by atoms with Crippen LogP contribution in [0.2, 0.25) is 0 Å². The summed E-state index contributed by atoms with van der Waals surface area (Å²) in [5, 5.41) is 11.4. The number of fused-ring (bicyclic) bond motifs is 1. The number of carbonyl (C=O) groups excluding carboxylic acids is 1. The molecule has 1 aromatic carbocycles. The first-order chi connectivity index (χ1) is 10.1. The molecule has 2 aromatic rings. The van der Waals surface area contributed by atoms with Gasteiger partial charge in [-0.2, -0.15) is 0 Å². The van der Waals surface area contributed by atoms with Gasteiger partial charge >= 0.3 is 5.97 Å². The van der Waals surface area contributed by atoms with Gasteiger partial charge in [0.15, 0.2) is 11.5 Å². The Labute approximate surface area is 119 Å². The molecule has 0 saturated heterocycles. The second-order valence-electron chi connectivity index (χ2n) is 4.26. The van der Waals surface area contributed by atoms with Crippen molar-refractivity contribution in [2.24, 2.45) is 0 Å². The van der Waals surface area contributed by atoms with Gasteiger partial charge in [-0.3, -0.25) is 9.78 Å². The highest BCUT2D eigenvalue weighted by atomic mass is 16.7. The summed E-state index contributed by atoms with van der Waals surface area (Å²) < 4.78 is 10.4. The van der Waals surface area contributed by atoms with E-state index < -0.39 is 11.9 Å². The van der Waals surface area contributed by atoms with Gasteiger partial charge in [0.05, 0.1) is 5.56 Å². The van der Waals surface area contributed by atoms with Crippen molar-refractivity contribution in [3.8, 4) is 11.5 Å². The van der Waals surface area contributed by atoms with Crippen LogP contribution < -0.4 is 14.8 Å². The number of carboxylic acids is 1. The maximum Gasteiger partial charge on any atom is 0.337 e. The summed E-state index contributed by atoms with van der Waals surface area (Å²) in [5.74, 6) is -0.352. The van der Waals surface area contributed by atoms with Crippen LogP contribution in [-0.2, 0) is 0 Å². The van der Waals surface area contributed by atoms with E-state index in [9.17, 15) is 9.59 Å². The first kappa shape index (κ1) is 12.9. The van der Waals surface area contributed by atoms with E-state index in [4.69, 9.17) is 14.6 Å². The zero-order valence-electron chi connectivity index (χ0n) is 10.7. The van der Waals surface area contributed by atoms with Crippen molar-refractivity contribution in [1.29, 1.82) is 0 Å². The highest BCUT2D eigenvalue weighted by Crippen LogP contribution is 2.34. The highest BCUT2D eigenvalue weighted by Gasteiger charge is 2.15. The maximum absolute atomic E-state index is 12.0. The fraction of sp³-hybridized carbons (Fsp3) is 0.0714. The largest absolute Gasteiger partial charge is 0.478 e. The maximum atomic E-state index is 12.0. The Kier molecular flexibility index (Phi) is 3.15. The molecule has 1 aliphatic rings. The first-order valence-corrected chi connectivity index (χ1v) is 6.04. The van der Waals surface area contributed by atoms with Gasteiger partial charge in [-0.15, -0.1) is 0 Å². The van der Waals surface area contributed by atoms with Gasteiger partial charge in [0, 0.05) is 18.0 Å². The summed E-state index contributed by atoms with van der Waals surface area (Å²) >= 11 is 0.